The molecule has 3 aromatic rings. The van der Waals surface area contributed by atoms with Crippen LogP contribution < -0.4 is 5.73 Å². The molecule has 1 aromatic carbocycles. The molecule has 3 rings (SSSR count). The van der Waals surface area contributed by atoms with Gasteiger partial charge in [0.15, 0.2) is 4.96 Å². The van der Waals surface area contributed by atoms with Crippen molar-refractivity contribution < 1.29 is 4.79 Å². The molecular weight excluding hydrogens is 258 g/mol. The van der Waals surface area contributed by atoms with Gasteiger partial charge in [0.1, 0.15) is 0 Å². The van der Waals surface area contributed by atoms with Crippen LogP contribution in [0.1, 0.15) is 5.69 Å². The normalized spacial score (nSPS) is 10.7. The summed E-state index contributed by atoms with van der Waals surface area (Å²) in [5, 5.41) is 1.91. The molecule has 19 heavy (non-hydrogen) atoms. The van der Waals surface area contributed by atoms with Crippen LogP contribution in [-0.2, 0) is 4.79 Å². The number of nitrogens with zero attached hydrogens (tertiary/aromatic N) is 2. The number of primary amides is 1. The summed E-state index contributed by atoms with van der Waals surface area (Å²) in [7, 11) is 0. The van der Waals surface area contributed by atoms with Crippen molar-refractivity contribution >= 4 is 27.8 Å². The minimum absolute atomic E-state index is 0.268. The van der Waals surface area contributed by atoms with Crippen molar-refractivity contribution in [2.45, 2.75) is 0 Å². The highest BCUT2D eigenvalue weighted by Crippen LogP contribution is 2.30. The lowest BCUT2D eigenvalue weighted by atomic mass is 10.1. The Morgan fingerprint density at radius 3 is 2.74 bits per heavy atom. The Bertz CT molecular complexity index is 770. The fraction of sp³-hybridized carbons (Fsp3) is 0. The topological polar surface area (TPSA) is 60.4 Å². The maximum absolute atomic E-state index is 11.4. The van der Waals surface area contributed by atoms with Gasteiger partial charge in [-0.3, -0.25) is 9.20 Å². The highest BCUT2D eigenvalue weighted by Gasteiger charge is 2.19. The number of rotatable bonds is 3. The quantitative estimate of drug-likeness (QED) is 0.743. The zero-order valence-corrected chi connectivity index (χ0v) is 10.9. The number of thiazole rings is 1. The summed E-state index contributed by atoms with van der Waals surface area (Å²) in [5.74, 6) is -0.537. The molecule has 0 spiro atoms. The van der Waals surface area contributed by atoms with Crippen molar-refractivity contribution in [1.82, 2.24) is 9.38 Å². The van der Waals surface area contributed by atoms with Crippen LogP contribution in [0.4, 0.5) is 0 Å². The second-order valence-electron chi connectivity index (χ2n) is 4.07. The second kappa shape index (κ2) is 4.37. The lowest BCUT2D eigenvalue weighted by Gasteiger charge is -2.04. The van der Waals surface area contributed by atoms with E-state index in [1.807, 2.05) is 46.3 Å². The smallest absolute Gasteiger partial charge is 0.250 e. The van der Waals surface area contributed by atoms with Crippen LogP contribution in [0.3, 0.4) is 0 Å². The molecule has 0 bridgehead atoms. The van der Waals surface area contributed by atoms with E-state index >= 15 is 0 Å². The van der Waals surface area contributed by atoms with Gasteiger partial charge < -0.3 is 5.73 Å². The molecule has 0 atom stereocenters. The van der Waals surface area contributed by atoms with Gasteiger partial charge in [-0.2, -0.15) is 0 Å². The van der Waals surface area contributed by atoms with Crippen LogP contribution in [0.25, 0.3) is 21.8 Å². The maximum atomic E-state index is 11.4. The minimum Gasteiger partial charge on any atom is -0.366 e. The summed E-state index contributed by atoms with van der Waals surface area (Å²) >= 11 is 1.50. The first-order valence-corrected chi connectivity index (χ1v) is 6.56. The molecule has 2 N–H and O–H groups in total. The number of fused-ring (bicyclic) bond motifs is 1. The van der Waals surface area contributed by atoms with E-state index in [-0.39, 0.29) is 5.57 Å². The molecule has 2 aromatic heterocycles. The fourth-order valence-electron chi connectivity index (χ4n) is 1.99. The number of carbonyl (C=O) groups is 1. The van der Waals surface area contributed by atoms with Crippen LogP contribution in [0.5, 0.6) is 0 Å². The molecule has 0 aliphatic rings. The van der Waals surface area contributed by atoms with E-state index in [4.69, 9.17) is 5.73 Å². The second-order valence-corrected chi connectivity index (χ2v) is 4.95. The van der Waals surface area contributed by atoms with Crippen molar-refractivity contribution in [3.05, 3.63) is 54.2 Å². The van der Waals surface area contributed by atoms with E-state index in [1.54, 1.807) is 0 Å². The number of hydrogen-bond acceptors (Lipinski definition) is 3. The van der Waals surface area contributed by atoms with Crippen LogP contribution in [0.15, 0.2) is 48.5 Å². The third-order valence-electron chi connectivity index (χ3n) is 2.89. The average Bonchev–Trinajstić information content (AvgIpc) is 2.98. The highest BCUT2D eigenvalue weighted by atomic mass is 32.1. The van der Waals surface area contributed by atoms with Crippen LogP contribution in [0, 0.1) is 0 Å². The largest absolute Gasteiger partial charge is 0.366 e. The van der Waals surface area contributed by atoms with E-state index in [2.05, 4.69) is 11.6 Å². The number of imidazole rings is 1. The van der Waals surface area contributed by atoms with E-state index in [0.29, 0.717) is 5.69 Å². The number of benzene rings is 1. The Hall–Kier alpha value is -2.40. The molecule has 5 heteroatoms. The van der Waals surface area contributed by atoms with Crippen LogP contribution in [-0.4, -0.2) is 15.3 Å². The van der Waals surface area contributed by atoms with Gasteiger partial charge in [-0.1, -0.05) is 36.9 Å². The van der Waals surface area contributed by atoms with Gasteiger partial charge >= 0.3 is 0 Å². The van der Waals surface area contributed by atoms with Gasteiger partial charge in [-0.05, 0) is 0 Å². The van der Waals surface area contributed by atoms with Gasteiger partial charge in [-0.25, -0.2) is 4.98 Å². The Morgan fingerprint density at radius 1 is 1.32 bits per heavy atom. The molecule has 0 saturated heterocycles. The molecular formula is C14H11N3OS. The minimum atomic E-state index is -0.537. The first kappa shape index (κ1) is 11.7. The fourth-order valence-corrected chi connectivity index (χ4v) is 2.70. The van der Waals surface area contributed by atoms with Crippen molar-refractivity contribution in [3.8, 4) is 11.3 Å². The van der Waals surface area contributed by atoms with Crippen molar-refractivity contribution in [2.24, 2.45) is 5.73 Å². The Morgan fingerprint density at radius 2 is 2.05 bits per heavy atom. The first-order chi connectivity index (χ1) is 9.18. The third kappa shape index (κ3) is 1.84. The zero-order chi connectivity index (χ0) is 13.4. The molecule has 0 radical (unpaired) electrons. The molecule has 0 fully saturated rings. The molecule has 0 aliphatic heterocycles. The molecule has 0 saturated carbocycles. The monoisotopic (exact) mass is 269 g/mol. The molecule has 1 amide bonds. The molecule has 94 valence electrons. The third-order valence-corrected chi connectivity index (χ3v) is 3.65. The standard InChI is InChI=1S/C14H11N3OS/c1-9(13(15)18)12-11(10-5-3-2-4-6-10)16-14-17(12)7-8-19-14/h2-8H,1H2,(H2,15,18). The SMILES string of the molecule is C=C(C(N)=O)c1c(-c2ccccc2)nc2sccn12. The van der Waals surface area contributed by atoms with E-state index < -0.39 is 5.91 Å². The van der Waals surface area contributed by atoms with Gasteiger partial charge in [0.2, 0.25) is 5.91 Å². The summed E-state index contributed by atoms with van der Waals surface area (Å²) in [6.07, 6.45) is 1.86. The van der Waals surface area contributed by atoms with E-state index in [9.17, 15) is 4.79 Å². The Kier molecular flexibility index (Phi) is 2.68. The molecule has 2 heterocycles. The highest BCUT2D eigenvalue weighted by molar-refractivity contribution is 7.15. The number of nitrogens with two attached hydrogens (primary N) is 1. The van der Waals surface area contributed by atoms with Crippen molar-refractivity contribution in [2.75, 3.05) is 0 Å². The Balaban J connectivity index is 2.30. The number of carbonyl (C=O) groups excluding carboxylic acids is 1. The molecule has 4 nitrogen and oxygen atoms in total. The van der Waals surface area contributed by atoms with Gasteiger partial charge in [-0.15, -0.1) is 11.3 Å². The first-order valence-electron chi connectivity index (χ1n) is 5.68. The van der Waals surface area contributed by atoms with E-state index in [1.165, 1.54) is 11.3 Å². The summed E-state index contributed by atoms with van der Waals surface area (Å²) in [6.45, 7) is 3.78. The van der Waals surface area contributed by atoms with Gasteiger partial charge in [0, 0.05) is 17.1 Å². The number of hydrogen-bond donors (Lipinski definition) is 1. The van der Waals surface area contributed by atoms with Crippen LogP contribution >= 0.6 is 11.3 Å². The number of amides is 1. The van der Waals surface area contributed by atoms with Crippen molar-refractivity contribution in [1.29, 1.82) is 0 Å². The van der Waals surface area contributed by atoms with Crippen molar-refractivity contribution in [3.63, 3.8) is 0 Å². The van der Waals surface area contributed by atoms with Gasteiger partial charge in [0.05, 0.1) is 17.0 Å². The zero-order valence-electron chi connectivity index (χ0n) is 10.0. The van der Waals surface area contributed by atoms with E-state index in [0.717, 1.165) is 16.2 Å². The lowest BCUT2D eigenvalue weighted by Crippen LogP contribution is -2.13. The molecule has 0 aliphatic carbocycles. The predicted octanol–water partition coefficient (Wildman–Crippen LogP) is 2.56. The average molecular weight is 269 g/mol. The summed E-state index contributed by atoms with van der Waals surface area (Å²) < 4.78 is 1.85. The maximum Gasteiger partial charge on any atom is 0.250 e. The van der Waals surface area contributed by atoms with Gasteiger partial charge in [0.25, 0.3) is 0 Å². The molecule has 0 unspecified atom stereocenters. The van der Waals surface area contributed by atoms with Crippen LogP contribution in [0.2, 0.25) is 0 Å². The number of aromatic nitrogens is 2. The Labute approximate surface area is 113 Å². The lowest BCUT2D eigenvalue weighted by molar-refractivity contribution is -0.112. The predicted molar refractivity (Wildman–Crippen MR) is 76.7 cm³/mol. The summed E-state index contributed by atoms with van der Waals surface area (Å²) in [4.78, 5) is 16.8. The summed E-state index contributed by atoms with van der Waals surface area (Å²) in [6, 6.07) is 9.69. The summed E-state index contributed by atoms with van der Waals surface area (Å²) in [5.41, 5.74) is 7.96.